The van der Waals surface area contributed by atoms with Crippen molar-refractivity contribution in [3.8, 4) is 0 Å². The minimum Gasteiger partial charge on any atom is -0.481 e. The van der Waals surface area contributed by atoms with E-state index in [1.807, 2.05) is 0 Å². The van der Waals surface area contributed by atoms with E-state index in [-0.39, 0.29) is 40.9 Å². The summed E-state index contributed by atoms with van der Waals surface area (Å²) in [5.41, 5.74) is -9.74. The molecule has 18 nitrogen and oxygen atoms in total. The molecule has 3 saturated carbocycles. The first-order valence-electron chi connectivity index (χ1n) is 22.1. The third-order valence-corrected chi connectivity index (χ3v) is 14.9. The second-order valence-corrected chi connectivity index (χ2v) is 18.5. The molecule has 0 radical (unpaired) electrons. The van der Waals surface area contributed by atoms with E-state index in [9.17, 15) is 44.1 Å². The van der Waals surface area contributed by atoms with Crippen molar-refractivity contribution in [2.24, 2.45) is 16.7 Å². The van der Waals surface area contributed by atoms with Crippen LogP contribution in [-0.4, -0.2) is 117 Å². The summed E-state index contributed by atoms with van der Waals surface area (Å²) in [5.74, 6) is -9.66. The van der Waals surface area contributed by atoms with Crippen LogP contribution in [0.3, 0.4) is 0 Å². The molecule has 3 aromatic carbocycles. The van der Waals surface area contributed by atoms with Crippen molar-refractivity contribution in [1.82, 2.24) is 5.32 Å². The number of carbonyl (C=O) groups is 8. The molecule has 1 saturated heterocycles. The zero-order valence-corrected chi connectivity index (χ0v) is 37.8. The summed E-state index contributed by atoms with van der Waals surface area (Å²) >= 11 is 0. The van der Waals surface area contributed by atoms with Crippen LogP contribution < -0.4 is 5.32 Å². The normalized spacial score (nSPS) is 32.7. The highest BCUT2D eigenvalue weighted by Crippen LogP contribution is 2.78. The maximum Gasteiger partial charge on any atom is 0.350 e. The van der Waals surface area contributed by atoms with Gasteiger partial charge in [0.25, 0.3) is 5.91 Å². The standard InChI is InChI=1S/C50H51NO17/c1-26-36-38(64-27(2)52)41(58)46(4)32(54)23-33-48(25-63-33,67-28(3)53)40(46)42(66-44(60)31-19-13-8-14-20-31)49(62)24-50(26,47(36,49)5)68-45(61)39(65-35(57)22-21-34(55)56)37(29-15-9-6-10-16-29)51-43(59)30-17-11-7-12-18-30/h6-20,32-33,37-40,42,54,62H,21-25H2,1-5H3,(H,51,59)(H,55,56)/t32-,33?,37-,38+,39+,40?,42-,46+,47?,48-,49+,50+/m0/s1. The Morgan fingerprint density at radius 3 is 1.99 bits per heavy atom. The molecule has 1 aliphatic heterocycles. The number of Topliss-reactive ketones (excluding diaryl/α,β-unsaturated/α-hetero) is 1. The number of hydrogen-bond acceptors (Lipinski definition) is 16. The van der Waals surface area contributed by atoms with Crippen LogP contribution in [0.15, 0.2) is 102 Å². The van der Waals surface area contributed by atoms with Gasteiger partial charge in [0.05, 0.1) is 47.9 Å². The number of ether oxygens (including phenoxy) is 6. The fourth-order valence-electron chi connectivity index (χ4n) is 11.5. The van der Waals surface area contributed by atoms with Crippen molar-refractivity contribution >= 4 is 47.5 Å². The predicted octanol–water partition coefficient (Wildman–Crippen LogP) is 3.52. The molecular formula is C50H51NO17. The summed E-state index contributed by atoms with van der Waals surface area (Å²) in [4.78, 5) is 110. The Labute approximate surface area is 389 Å². The van der Waals surface area contributed by atoms with E-state index in [4.69, 9.17) is 28.4 Å². The molecule has 358 valence electrons. The molecule has 1 heterocycles. The largest absolute Gasteiger partial charge is 0.481 e. The van der Waals surface area contributed by atoms with Crippen LogP contribution in [0.2, 0.25) is 0 Å². The molecule has 3 aromatic rings. The average molecular weight is 938 g/mol. The first kappa shape index (κ1) is 47.7. The average Bonchev–Trinajstić information content (AvgIpc) is 3.31. The van der Waals surface area contributed by atoms with Gasteiger partial charge in [-0.2, -0.15) is 0 Å². The molecule has 68 heavy (non-hydrogen) atoms. The van der Waals surface area contributed by atoms with E-state index in [0.717, 1.165) is 13.8 Å². The number of amides is 1. The quantitative estimate of drug-likeness (QED) is 0.102. The Kier molecular flexibility index (Phi) is 12.2. The number of aliphatic hydroxyl groups excluding tert-OH is 1. The molecule has 0 aromatic heterocycles. The van der Waals surface area contributed by atoms with Crippen molar-refractivity contribution < 1.29 is 82.1 Å². The van der Waals surface area contributed by atoms with E-state index < -0.39 is 137 Å². The van der Waals surface area contributed by atoms with Gasteiger partial charge >= 0.3 is 35.8 Å². The van der Waals surface area contributed by atoms with Gasteiger partial charge in [0.1, 0.15) is 29.5 Å². The van der Waals surface area contributed by atoms with Gasteiger partial charge in [-0.05, 0) is 61.7 Å². The third-order valence-electron chi connectivity index (χ3n) is 14.9. The monoisotopic (exact) mass is 937 g/mol. The van der Waals surface area contributed by atoms with Crippen molar-refractivity contribution in [2.75, 3.05) is 6.61 Å². The molecule has 1 amide bonds. The van der Waals surface area contributed by atoms with Crippen LogP contribution in [-0.2, 0) is 57.2 Å². The van der Waals surface area contributed by atoms with Gasteiger partial charge < -0.3 is 49.1 Å². The SMILES string of the molecule is CC(=O)O[C@H]1C(=O)[C@@]2(C)C([C@H](OC(=O)c3ccccc3)[C@]3(O)C[C@@]4(OC(=O)[C@H](OC(=O)CCC(=O)O)[C@@H](NC(=O)c5ccccc5)c5ccccc5)C(C)=C1C34C)[C@]1(OC(C)=O)COC1C[C@@H]2O. The second-order valence-electron chi connectivity index (χ2n) is 18.5. The Hall–Kier alpha value is -6.76. The molecule has 4 N–H and O–H groups in total. The molecule has 3 unspecified atom stereocenters. The smallest absolute Gasteiger partial charge is 0.350 e. The molecule has 4 aliphatic carbocycles. The van der Waals surface area contributed by atoms with Crippen molar-refractivity contribution in [3.05, 3.63) is 119 Å². The summed E-state index contributed by atoms with van der Waals surface area (Å²) in [5, 5.41) is 37.9. The number of ketones is 1. The molecule has 0 bridgehead atoms. The van der Waals surface area contributed by atoms with E-state index in [1.54, 1.807) is 66.7 Å². The highest BCUT2D eigenvalue weighted by atomic mass is 16.6. The Morgan fingerprint density at radius 2 is 1.43 bits per heavy atom. The summed E-state index contributed by atoms with van der Waals surface area (Å²) in [6.45, 7) is 6.10. The zero-order chi connectivity index (χ0) is 49.1. The number of hydrogen-bond donors (Lipinski definition) is 4. The molecule has 8 rings (SSSR count). The molecule has 18 heteroatoms. The van der Waals surface area contributed by atoms with Gasteiger partial charge in [-0.1, -0.05) is 66.7 Å². The van der Waals surface area contributed by atoms with Crippen LogP contribution in [0.5, 0.6) is 0 Å². The lowest BCUT2D eigenvalue weighted by atomic mass is 9.30. The van der Waals surface area contributed by atoms with E-state index in [1.165, 1.54) is 45.0 Å². The lowest BCUT2D eigenvalue weighted by Gasteiger charge is -2.78. The minimum atomic E-state index is -2.41. The van der Waals surface area contributed by atoms with Gasteiger partial charge in [0, 0.05) is 32.3 Å². The second kappa shape index (κ2) is 17.4. The first-order valence-corrected chi connectivity index (χ1v) is 22.1. The summed E-state index contributed by atoms with van der Waals surface area (Å²) in [7, 11) is 0. The topological polar surface area (TPSA) is 265 Å². The van der Waals surface area contributed by atoms with Gasteiger partial charge in [-0.3, -0.25) is 28.8 Å². The summed E-state index contributed by atoms with van der Waals surface area (Å²) in [6.07, 6.45) is -10.6. The number of aliphatic carboxylic acids is 1. The molecular weight excluding hydrogens is 887 g/mol. The van der Waals surface area contributed by atoms with Gasteiger partial charge in [-0.15, -0.1) is 0 Å². The lowest BCUT2D eigenvalue weighted by molar-refractivity contribution is -0.376. The number of carbonyl (C=O) groups excluding carboxylic acids is 7. The van der Waals surface area contributed by atoms with Crippen molar-refractivity contribution in [2.45, 2.75) is 114 Å². The number of aliphatic hydroxyl groups is 2. The maximum atomic E-state index is 15.5. The minimum absolute atomic E-state index is 0.0306. The molecule has 4 fully saturated rings. The van der Waals surface area contributed by atoms with E-state index in [0.29, 0.717) is 0 Å². The van der Waals surface area contributed by atoms with Crippen LogP contribution >= 0.6 is 0 Å². The molecule has 0 spiro atoms. The third kappa shape index (κ3) is 7.27. The number of nitrogens with one attached hydrogen (secondary N) is 1. The number of rotatable bonds is 14. The molecule has 5 aliphatic rings. The number of benzene rings is 3. The predicted molar refractivity (Wildman–Crippen MR) is 232 cm³/mol. The lowest BCUT2D eigenvalue weighted by Crippen LogP contribution is -2.90. The summed E-state index contributed by atoms with van der Waals surface area (Å²) < 4.78 is 36.3. The highest BCUT2D eigenvalue weighted by Gasteiger charge is 2.90. The van der Waals surface area contributed by atoms with Crippen LogP contribution in [0.25, 0.3) is 0 Å². The number of carboxylic acid groups (broad SMARTS) is 1. The van der Waals surface area contributed by atoms with Gasteiger partial charge in [-0.25, -0.2) is 9.59 Å². The van der Waals surface area contributed by atoms with Gasteiger partial charge in [0.2, 0.25) is 6.10 Å². The van der Waals surface area contributed by atoms with Crippen LogP contribution in [0, 0.1) is 16.7 Å². The fraction of sp³-hybridized carbons (Fsp3) is 0.440. The zero-order valence-electron chi connectivity index (χ0n) is 37.8. The van der Waals surface area contributed by atoms with Crippen molar-refractivity contribution in [1.29, 1.82) is 0 Å². The first-order chi connectivity index (χ1) is 32.2. The number of fused-ring (bicyclic) bond motifs is 3. The maximum absolute atomic E-state index is 15.5. The Bertz CT molecular complexity index is 2600. The van der Waals surface area contributed by atoms with E-state index in [2.05, 4.69) is 5.32 Å². The van der Waals surface area contributed by atoms with E-state index >= 15 is 9.59 Å². The van der Waals surface area contributed by atoms with Crippen LogP contribution in [0.1, 0.15) is 92.6 Å². The van der Waals surface area contributed by atoms with Gasteiger partial charge in [0.15, 0.2) is 17.5 Å². The highest BCUT2D eigenvalue weighted by molar-refractivity contribution is 5.98. The van der Waals surface area contributed by atoms with Crippen LogP contribution in [0.4, 0.5) is 0 Å². The number of esters is 5. The molecule has 12 atom stereocenters. The summed E-state index contributed by atoms with van der Waals surface area (Å²) in [6, 6.07) is 22.2. The Balaban J connectivity index is 1.29. The number of carboxylic acids is 1. The Morgan fingerprint density at radius 1 is 0.824 bits per heavy atom. The van der Waals surface area contributed by atoms with Crippen molar-refractivity contribution in [3.63, 3.8) is 0 Å². The fourth-order valence-corrected chi connectivity index (χ4v) is 11.5.